The number of hydrogen-bond acceptors (Lipinski definition) is 4. The maximum atomic E-state index is 5.50. The van der Waals surface area contributed by atoms with Crippen LogP contribution < -0.4 is 14.8 Å². The average molecular weight is 512 g/mol. The lowest BCUT2D eigenvalue weighted by molar-refractivity contribution is 0.382. The largest absolute Gasteiger partial charge is 0.497 e. The maximum Gasteiger partial charge on any atom is 0.193 e. The number of aliphatic imine (C=N–C) groups is 1. The van der Waals surface area contributed by atoms with Crippen molar-refractivity contribution >= 4 is 29.9 Å². The van der Waals surface area contributed by atoms with Gasteiger partial charge < -0.3 is 24.6 Å². The molecule has 160 valence electrons. The first-order chi connectivity index (χ1) is 13.5. The van der Waals surface area contributed by atoms with Gasteiger partial charge in [-0.15, -0.1) is 24.0 Å². The minimum absolute atomic E-state index is 0. The third-order valence-electron chi connectivity index (χ3n) is 4.45. The predicted molar refractivity (Wildman–Crippen MR) is 130 cm³/mol. The second kappa shape index (κ2) is 12.5. The number of guanidine groups is 1. The number of benzene rings is 2. The molecule has 0 saturated carbocycles. The molecule has 0 aromatic heterocycles. The summed E-state index contributed by atoms with van der Waals surface area (Å²) >= 11 is 0. The molecule has 0 bridgehead atoms. The predicted octanol–water partition coefficient (Wildman–Crippen LogP) is 3.59. The average Bonchev–Trinajstić information content (AvgIpc) is 2.69. The lowest BCUT2D eigenvalue weighted by atomic mass is 10.1. The van der Waals surface area contributed by atoms with E-state index < -0.39 is 0 Å². The number of hydrogen-bond donors (Lipinski definition) is 1. The van der Waals surface area contributed by atoms with Crippen molar-refractivity contribution in [3.63, 3.8) is 0 Å². The fourth-order valence-corrected chi connectivity index (χ4v) is 3.01. The van der Waals surface area contributed by atoms with E-state index in [1.165, 1.54) is 11.1 Å². The first-order valence-electron chi connectivity index (χ1n) is 9.32. The summed E-state index contributed by atoms with van der Waals surface area (Å²) in [5.41, 5.74) is 3.60. The van der Waals surface area contributed by atoms with Crippen LogP contribution in [0.2, 0.25) is 0 Å². The molecule has 0 aliphatic heterocycles. The van der Waals surface area contributed by atoms with Crippen LogP contribution in [0.1, 0.15) is 16.7 Å². The van der Waals surface area contributed by atoms with Gasteiger partial charge in [-0.2, -0.15) is 0 Å². The lowest BCUT2D eigenvalue weighted by Crippen LogP contribution is -2.38. The first kappa shape index (κ1) is 25.0. The van der Waals surface area contributed by atoms with Gasteiger partial charge in [0.05, 0.1) is 14.2 Å². The van der Waals surface area contributed by atoms with Crippen LogP contribution in [0.3, 0.4) is 0 Å². The third kappa shape index (κ3) is 7.74. The van der Waals surface area contributed by atoms with Crippen molar-refractivity contribution < 1.29 is 9.47 Å². The van der Waals surface area contributed by atoms with Crippen LogP contribution in [-0.4, -0.2) is 58.2 Å². The molecule has 1 N–H and O–H groups in total. The summed E-state index contributed by atoms with van der Waals surface area (Å²) in [6.07, 6.45) is 0. The van der Waals surface area contributed by atoms with Gasteiger partial charge in [-0.25, -0.2) is 0 Å². The molecule has 0 spiro atoms. The zero-order valence-corrected chi connectivity index (χ0v) is 20.6. The van der Waals surface area contributed by atoms with Crippen LogP contribution in [0.15, 0.2) is 47.5 Å². The van der Waals surface area contributed by atoms with E-state index in [0.29, 0.717) is 6.54 Å². The molecule has 29 heavy (non-hydrogen) atoms. The number of nitrogens with one attached hydrogen (secondary N) is 1. The van der Waals surface area contributed by atoms with Crippen LogP contribution in [0, 0.1) is 0 Å². The molecule has 0 aliphatic carbocycles. The van der Waals surface area contributed by atoms with Crippen LogP contribution in [-0.2, 0) is 19.6 Å². The SMILES string of the molecule is CN=C(NCc1ccc(CN(C)C)cc1)N(C)Cc1ccc(OC)cc1OC.I. The highest BCUT2D eigenvalue weighted by atomic mass is 127. The van der Waals surface area contributed by atoms with E-state index in [-0.39, 0.29) is 24.0 Å². The Bertz CT molecular complexity index is 779. The number of halogens is 1. The minimum Gasteiger partial charge on any atom is -0.497 e. The molecule has 6 nitrogen and oxygen atoms in total. The Labute approximate surface area is 191 Å². The fraction of sp³-hybridized carbons (Fsp3) is 0.409. The molecule has 2 rings (SSSR count). The molecule has 0 atom stereocenters. The Balaban J connectivity index is 0.00000420. The molecule has 0 radical (unpaired) electrons. The van der Waals surface area contributed by atoms with E-state index in [4.69, 9.17) is 9.47 Å². The summed E-state index contributed by atoms with van der Waals surface area (Å²) in [5, 5.41) is 3.43. The molecule has 2 aromatic carbocycles. The highest BCUT2D eigenvalue weighted by molar-refractivity contribution is 14.0. The molecule has 0 fully saturated rings. The molecular formula is C22H33IN4O2. The molecule has 2 aromatic rings. The van der Waals surface area contributed by atoms with E-state index in [9.17, 15) is 0 Å². The van der Waals surface area contributed by atoms with E-state index in [2.05, 4.69) is 58.5 Å². The summed E-state index contributed by atoms with van der Waals surface area (Å²) in [7, 11) is 11.3. The van der Waals surface area contributed by atoms with Gasteiger partial charge >= 0.3 is 0 Å². The van der Waals surface area contributed by atoms with E-state index >= 15 is 0 Å². The quantitative estimate of drug-likeness (QED) is 0.333. The van der Waals surface area contributed by atoms with Crippen molar-refractivity contribution in [2.45, 2.75) is 19.6 Å². The van der Waals surface area contributed by atoms with Crippen molar-refractivity contribution in [1.82, 2.24) is 15.1 Å². The summed E-state index contributed by atoms with van der Waals surface area (Å²) in [5.74, 6) is 2.41. The Morgan fingerprint density at radius 1 is 0.931 bits per heavy atom. The number of nitrogens with zero attached hydrogens (tertiary/aromatic N) is 3. The Morgan fingerprint density at radius 2 is 1.59 bits per heavy atom. The van der Waals surface area contributed by atoms with E-state index in [1.807, 2.05) is 25.2 Å². The van der Waals surface area contributed by atoms with Crippen molar-refractivity contribution in [3.8, 4) is 11.5 Å². The summed E-state index contributed by atoms with van der Waals surface area (Å²) < 4.78 is 10.8. The molecular weight excluding hydrogens is 479 g/mol. The van der Waals surface area contributed by atoms with Crippen molar-refractivity contribution in [2.75, 3.05) is 42.4 Å². The Hall–Kier alpha value is -2.00. The van der Waals surface area contributed by atoms with Crippen molar-refractivity contribution in [1.29, 1.82) is 0 Å². The smallest absolute Gasteiger partial charge is 0.193 e. The van der Waals surface area contributed by atoms with Crippen LogP contribution in [0.5, 0.6) is 11.5 Å². The van der Waals surface area contributed by atoms with Gasteiger partial charge in [-0.1, -0.05) is 24.3 Å². The number of rotatable bonds is 8. The normalized spacial score (nSPS) is 11.1. The number of methoxy groups -OCH3 is 2. The molecule has 0 saturated heterocycles. The van der Waals surface area contributed by atoms with Gasteiger partial charge in [0.2, 0.25) is 0 Å². The van der Waals surface area contributed by atoms with Gasteiger partial charge in [0.15, 0.2) is 5.96 Å². The van der Waals surface area contributed by atoms with Crippen LogP contribution >= 0.6 is 24.0 Å². The second-order valence-corrected chi connectivity index (χ2v) is 6.99. The second-order valence-electron chi connectivity index (χ2n) is 6.99. The van der Waals surface area contributed by atoms with Gasteiger partial charge in [-0.3, -0.25) is 4.99 Å². The monoisotopic (exact) mass is 512 g/mol. The molecule has 0 aliphatic rings. The van der Waals surface area contributed by atoms with Crippen molar-refractivity contribution in [3.05, 3.63) is 59.2 Å². The molecule has 0 heterocycles. The standard InChI is InChI=1S/C22H32N4O2.HI/c1-23-22(24-14-17-7-9-18(10-8-17)15-25(2)3)26(4)16-19-11-12-20(27-5)13-21(19)28-6;/h7-13H,14-16H2,1-6H3,(H,23,24);1H. The van der Waals surface area contributed by atoms with Crippen LogP contribution in [0.25, 0.3) is 0 Å². The highest BCUT2D eigenvalue weighted by Gasteiger charge is 2.11. The maximum absolute atomic E-state index is 5.50. The zero-order valence-electron chi connectivity index (χ0n) is 18.2. The number of ether oxygens (including phenoxy) is 2. The fourth-order valence-electron chi connectivity index (χ4n) is 3.01. The Morgan fingerprint density at radius 3 is 2.14 bits per heavy atom. The summed E-state index contributed by atoms with van der Waals surface area (Å²) in [6.45, 7) is 2.34. The first-order valence-corrected chi connectivity index (χ1v) is 9.32. The minimum atomic E-state index is 0. The van der Waals surface area contributed by atoms with E-state index in [1.54, 1.807) is 21.3 Å². The molecule has 7 heteroatoms. The lowest BCUT2D eigenvalue weighted by Gasteiger charge is -2.23. The molecule has 0 unspecified atom stereocenters. The highest BCUT2D eigenvalue weighted by Crippen LogP contribution is 2.25. The van der Waals surface area contributed by atoms with Gasteiger partial charge in [0, 0.05) is 45.4 Å². The molecule has 0 amide bonds. The Kier molecular flexibility index (Phi) is 10.8. The zero-order chi connectivity index (χ0) is 20.5. The van der Waals surface area contributed by atoms with Crippen LogP contribution in [0.4, 0.5) is 0 Å². The van der Waals surface area contributed by atoms with E-state index in [0.717, 1.165) is 36.1 Å². The van der Waals surface area contributed by atoms with Gasteiger partial charge in [-0.05, 0) is 37.4 Å². The third-order valence-corrected chi connectivity index (χ3v) is 4.45. The van der Waals surface area contributed by atoms with Gasteiger partial charge in [0.25, 0.3) is 0 Å². The summed E-state index contributed by atoms with van der Waals surface area (Å²) in [6, 6.07) is 14.5. The van der Waals surface area contributed by atoms with Gasteiger partial charge in [0.1, 0.15) is 11.5 Å². The topological polar surface area (TPSA) is 49.3 Å². The van der Waals surface area contributed by atoms with Crippen molar-refractivity contribution in [2.24, 2.45) is 4.99 Å². The summed E-state index contributed by atoms with van der Waals surface area (Å²) in [4.78, 5) is 8.64.